The molecule has 3 aliphatic rings. The average molecular weight is 451 g/mol. The smallest absolute Gasteiger partial charge is 0.302 e. The Bertz CT molecular complexity index is 831. The van der Waals surface area contributed by atoms with E-state index in [1.54, 1.807) is 6.07 Å². The SMILES string of the molecule is CC(=O)OCC12C(OC(C)=O)CC(C)C(CO)(CC(O)c3ccoc3)C1CCCC21CO1. The lowest BCUT2D eigenvalue weighted by atomic mass is 9.42. The van der Waals surface area contributed by atoms with Gasteiger partial charge in [0.15, 0.2) is 0 Å². The van der Waals surface area contributed by atoms with Crippen molar-refractivity contribution in [2.24, 2.45) is 22.7 Å². The normalized spacial score (nSPS) is 39.2. The number of epoxide rings is 1. The molecule has 1 spiro atoms. The predicted molar refractivity (Wildman–Crippen MR) is 112 cm³/mol. The molecule has 0 radical (unpaired) electrons. The summed E-state index contributed by atoms with van der Waals surface area (Å²) in [7, 11) is 0. The number of furan rings is 1. The second-order valence-electron chi connectivity index (χ2n) is 9.95. The topological polar surface area (TPSA) is 119 Å². The molecule has 2 heterocycles. The highest BCUT2D eigenvalue weighted by Gasteiger charge is 2.75. The standard InChI is InChI=1S/C24H34O8/c1-15-9-21(32-17(3)27)24(14-30-16(2)26)20(5-4-7-23(24)13-31-23)22(15,12-25)10-19(28)18-6-8-29-11-18/h6,8,11,15,19-21,25,28H,4-5,7,9-10,12-14H2,1-3H3. The summed E-state index contributed by atoms with van der Waals surface area (Å²) in [6.45, 7) is 5.21. The highest BCUT2D eigenvalue weighted by atomic mass is 16.6. The number of rotatable bonds is 7. The molecule has 0 amide bonds. The van der Waals surface area contributed by atoms with Crippen LogP contribution in [0.1, 0.15) is 64.5 Å². The number of aliphatic hydroxyl groups excluding tert-OH is 2. The van der Waals surface area contributed by atoms with Crippen LogP contribution < -0.4 is 0 Å². The van der Waals surface area contributed by atoms with Crippen LogP contribution in [0.4, 0.5) is 0 Å². The van der Waals surface area contributed by atoms with Gasteiger partial charge < -0.3 is 28.8 Å². The molecule has 8 heteroatoms. The number of carbonyl (C=O) groups excluding carboxylic acids is 2. The van der Waals surface area contributed by atoms with Crippen molar-refractivity contribution in [2.45, 2.75) is 70.7 Å². The lowest BCUT2D eigenvalue weighted by Gasteiger charge is -2.63. The Morgan fingerprint density at radius 2 is 2.06 bits per heavy atom. The second-order valence-corrected chi connectivity index (χ2v) is 9.95. The van der Waals surface area contributed by atoms with Gasteiger partial charge in [-0.1, -0.05) is 13.3 Å². The molecule has 2 saturated carbocycles. The Labute approximate surface area is 188 Å². The van der Waals surface area contributed by atoms with Gasteiger partial charge in [-0.2, -0.15) is 0 Å². The number of hydrogen-bond acceptors (Lipinski definition) is 8. The maximum absolute atomic E-state index is 12.1. The molecular weight excluding hydrogens is 416 g/mol. The zero-order chi connectivity index (χ0) is 23.1. The lowest BCUT2D eigenvalue weighted by Crippen LogP contribution is -2.68. The largest absolute Gasteiger partial charge is 0.472 e. The molecule has 1 aromatic rings. The molecule has 4 rings (SSSR count). The Morgan fingerprint density at radius 1 is 1.31 bits per heavy atom. The molecule has 2 aliphatic carbocycles. The first-order valence-electron chi connectivity index (χ1n) is 11.5. The molecule has 0 aromatic carbocycles. The highest BCUT2D eigenvalue weighted by molar-refractivity contribution is 5.67. The molecular formula is C24H34O8. The number of hydrogen-bond donors (Lipinski definition) is 2. The Balaban J connectivity index is 1.80. The van der Waals surface area contributed by atoms with Crippen LogP contribution in [0, 0.1) is 22.7 Å². The summed E-state index contributed by atoms with van der Waals surface area (Å²) < 4.78 is 22.7. The van der Waals surface area contributed by atoms with Gasteiger partial charge in [0, 0.05) is 31.4 Å². The summed E-state index contributed by atoms with van der Waals surface area (Å²) in [5.41, 5.74) is -1.36. The third kappa shape index (κ3) is 3.56. The molecule has 0 bridgehead atoms. The maximum atomic E-state index is 12.1. The molecule has 8 nitrogen and oxygen atoms in total. The minimum Gasteiger partial charge on any atom is -0.472 e. The summed E-state index contributed by atoms with van der Waals surface area (Å²) in [5, 5.41) is 21.9. The molecule has 32 heavy (non-hydrogen) atoms. The van der Waals surface area contributed by atoms with Crippen LogP contribution in [-0.4, -0.2) is 53.7 Å². The van der Waals surface area contributed by atoms with E-state index in [1.165, 1.54) is 26.4 Å². The summed E-state index contributed by atoms with van der Waals surface area (Å²) in [6, 6.07) is 1.73. The van der Waals surface area contributed by atoms with Gasteiger partial charge >= 0.3 is 11.9 Å². The average Bonchev–Trinajstić information content (AvgIpc) is 3.29. The Kier molecular flexibility index (Phi) is 6.15. The number of aliphatic hydroxyl groups is 2. The number of fused-ring (bicyclic) bond motifs is 2. The van der Waals surface area contributed by atoms with E-state index in [1.807, 2.05) is 6.92 Å². The van der Waals surface area contributed by atoms with Gasteiger partial charge in [-0.25, -0.2) is 0 Å². The lowest BCUT2D eigenvalue weighted by molar-refractivity contribution is -0.242. The van der Waals surface area contributed by atoms with Gasteiger partial charge in [-0.05, 0) is 43.6 Å². The van der Waals surface area contributed by atoms with E-state index >= 15 is 0 Å². The van der Waals surface area contributed by atoms with Crippen molar-refractivity contribution < 1.29 is 38.4 Å². The van der Waals surface area contributed by atoms with Crippen LogP contribution in [0.3, 0.4) is 0 Å². The van der Waals surface area contributed by atoms with Crippen LogP contribution >= 0.6 is 0 Å². The molecule has 1 aromatic heterocycles. The van der Waals surface area contributed by atoms with Crippen LogP contribution in [-0.2, 0) is 23.8 Å². The molecule has 7 unspecified atom stereocenters. The first-order chi connectivity index (χ1) is 15.2. The van der Waals surface area contributed by atoms with E-state index in [9.17, 15) is 19.8 Å². The third-order valence-corrected chi connectivity index (χ3v) is 8.47. The van der Waals surface area contributed by atoms with Crippen molar-refractivity contribution in [2.75, 3.05) is 19.8 Å². The summed E-state index contributed by atoms with van der Waals surface area (Å²) in [6.07, 6.45) is 4.94. The van der Waals surface area contributed by atoms with Crippen molar-refractivity contribution in [1.82, 2.24) is 0 Å². The van der Waals surface area contributed by atoms with E-state index in [0.717, 1.165) is 19.3 Å². The summed E-state index contributed by atoms with van der Waals surface area (Å²) in [5.74, 6) is -1.03. The van der Waals surface area contributed by atoms with E-state index in [2.05, 4.69) is 0 Å². The summed E-state index contributed by atoms with van der Waals surface area (Å²) in [4.78, 5) is 24.0. The van der Waals surface area contributed by atoms with Gasteiger partial charge in [0.05, 0.1) is 30.7 Å². The van der Waals surface area contributed by atoms with Crippen LogP contribution in [0.5, 0.6) is 0 Å². The van der Waals surface area contributed by atoms with Crippen molar-refractivity contribution in [3.05, 3.63) is 24.2 Å². The van der Waals surface area contributed by atoms with E-state index in [0.29, 0.717) is 25.0 Å². The fourth-order valence-corrected chi connectivity index (χ4v) is 6.84. The first-order valence-corrected chi connectivity index (χ1v) is 11.5. The highest BCUT2D eigenvalue weighted by Crippen LogP contribution is 2.69. The summed E-state index contributed by atoms with van der Waals surface area (Å²) >= 11 is 0. The number of ether oxygens (including phenoxy) is 3. The predicted octanol–water partition coefficient (Wildman–Crippen LogP) is 2.77. The van der Waals surface area contributed by atoms with Crippen LogP contribution in [0.15, 0.2) is 23.0 Å². The third-order valence-electron chi connectivity index (χ3n) is 8.47. The molecule has 178 valence electrons. The monoisotopic (exact) mass is 450 g/mol. The van der Waals surface area contributed by atoms with Gasteiger partial charge in [0.1, 0.15) is 18.3 Å². The van der Waals surface area contributed by atoms with E-state index in [-0.39, 0.29) is 31.0 Å². The fraction of sp³-hybridized carbons (Fsp3) is 0.750. The Morgan fingerprint density at radius 3 is 2.62 bits per heavy atom. The van der Waals surface area contributed by atoms with E-state index in [4.69, 9.17) is 18.6 Å². The molecule has 7 atom stereocenters. The van der Waals surface area contributed by atoms with Gasteiger partial charge in [0.25, 0.3) is 0 Å². The molecule has 1 saturated heterocycles. The zero-order valence-corrected chi connectivity index (χ0v) is 19.0. The number of esters is 2. The van der Waals surface area contributed by atoms with Crippen molar-refractivity contribution >= 4 is 11.9 Å². The van der Waals surface area contributed by atoms with Crippen LogP contribution in [0.2, 0.25) is 0 Å². The van der Waals surface area contributed by atoms with Crippen molar-refractivity contribution in [3.8, 4) is 0 Å². The second kappa shape index (κ2) is 8.47. The Hall–Kier alpha value is -1.90. The molecule has 1 aliphatic heterocycles. The molecule has 2 N–H and O–H groups in total. The van der Waals surface area contributed by atoms with E-state index < -0.39 is 34.6 Å². The minimum atomic E-state index is -0.821. The zero-order valence-electron chi connectivity index (χ0n) is 19.0. The van der Waals surface area contributed by atoms with Gasteiger partial charge in [-0.15, -0.1) is 0 Å². The molecule has 3 fully saturated rings. The minimum absolute atomic E-state index is 0.0530. The number of carbonyl (C=O) groups is 2. The van der Waals surface area contributed by atoms with Crippen molar-refractivity contribution in [1.29, 1.82) is 0 Å². The first kappa shape index (κ1) is 23.3. The quantitative estimate of drug-likeness (QED) is 0.481. The van der Waals surface area contributed by atoms with Gasteiger partial charge in [0.2, 0.25) is 0 Å². The van der Waals surface area contributed by atoms with Crippen LogP contribution in [0.25, 0.3) is 0 Å². The van der Waals surface area contributed by atoms with Gasteiger partial charge in [-0.3, -0.25) is 9.59 Å². The van der Waals surface area contributed by atoms with Crippen molar-refractivity contribution in [3.63, 3.8) is 0 Å². The fourth-order valence-electron chi connectivity index (χ4n) is 6.84. The maximum Gasteiger partial charge on any atom is 0.302 e.